The van der Waals surface area contributed by atoms with Gasteiger partial charge in [0, 0.05) is 22.4 Å². The smallest absolute Gasteiger partial charge is 0.0543 e. The Morgan fingerprint density at radius 1 is 1.15 bits per heavy atom. The van der Waals surface area contributed by atoms with Gasteiger partial charge in [-0.1, -0.05) is 28.1 Å². The van der Waals surface area contributed by atoms with Crippen LogP contribution in [0.3, 0.4) is 0 Å². The lowest BCUT2D eigenvalue weighted by Crippen LogP contribution is -2.22. The first kappa shape index (κ1) is 13.5. The summed E-state index contributed by atoms with van der Waals surface area (Å²) < 4.78 is 1.17. The fourth-order valence-electron chi connectivity index (χ4n) is 2.95. The molecular formula is C17H19BrN2. The van der Waals surface area contributed by atoms with Crippen LogP contribution >= 0.6 is 15.9 Å². The van der Waals surface area contributed by atoms with Crippen molar-refractivity contribution in [2.24, 2.45) is 0 Å². The summed E-state index contributed by atoms with van der Waals surface area (Å²) in [5, 5.41) is 0. The molecule has 20 heavy (non-hydrogen) atoms. The standard InChI is InChI=1S/C17H19BrN2/c1-12-11-15(8-9-16(12)18)20-10-2-3-17(20)13-4-6-14(19)7-5-13/h4-9,11,17H,2-3,10,19H2,1H3. The zero-order valence-electron chi connectivity index (χ0n) is 11.6. The average Bonchev–Trinajstić information content (AvgIpc) is 2.92. The van der Waals surface area contributed by atoms with E-state index >= 15 is 0 Å². The van der Waals surface area contributed by atoms with Gasteiger partial charge in [-0.15, -0.1) is 0 Å². The molecule has 0 spiro atoms. The highest BCUT2D eigenvalue weighted by Gasteiger charge is 2.26. The fraction of sp³-hybridized carbons (Fsp3) is 0.294. The molecular weight excluding hydrogens is 312 g/mol. The van der Waals surface area contributed by atoms with Crippen LogP contribution in [0, 0.1) is 6.92 Å². The molecule has 0 saturated carbocycles. The van der Waals surface area contributed by atoms with E-state index < -0.39 is 0 Å². The third-order valence-electron chi connectivity index (χ3n) is 4.05. The lowest BCUT2D eigenvalue weighted by atomic mass is 10.0. The molecule has 0 bridgehead atoms. The largest absolute Gasteiger partial charge is 0.399 e. The molecule has 1 aliphatic rings. The maximum absolute atomic E-state index is 5.79. The van der Waals surface area contributed by atoms with Gasteiger partial charge in [-0.25, -0.2) is 0 Å². The molecule has 1 saturated heterocycles. The molecule has 0 aromatic heterocycles. The Morgan fingerprint density at radius 3 is 2.60 bits per heavy atom. The normalized spacial score (nSPS) is 18.5. The molecule has 1 atom stereocenters. The molecule has 2 nitrogen and oxygen atoms in total. The van der Waals surface area contributed by atoms with Gasteiger partial charge in [0.2, 0.25) is 0 Å². The number of rotatable bonds is 2. The maximum atomic E-state index is 5.79. The lowest BCUT2D eigenvalue weighted by Gasteiger charge is -2.28. The van der Waals surface area contributed by atoms with Gasteiger partial charge in [0.05, 0.1) is 6.04 Å². The number of nitrogens with zero attached hydrogens (tertiary/aromatic N) is 1. The minimum Gasteiger partial charge on any atom is -0.399 e. The summed E-state index contributed by atoms with van der Waals surface area (Å²) in [6.07, 6.45) is 2.45. The zero-order valence-corrected chi connectivity index (χ0v) is 13.2. The molecule has 1 fully saturated rings. The second kappa shape index (κ2) is 5.49. The van der Waals surface area contributed by atoms with E-state index in [0.29, 0.717) is 6.04 Å². The quantitative estimate of drug-likeness (QED) is 0.810. The molecule has 1 unspecified atom stereocenters. The van der Waals surface area contributed by atoms with Crippen molar-refractivity contribution in [1.82, 2.24) is 0 Å². The van der Waals surface area contributed by atoms with Gasteiger partial charge in [0.25, 0.3) is 0 Å². The van der Waals surface area contributed by atoms with Crippen molar-refractivity contribution in [2.45, 2.75) is 25.8 Å². The van der Waals surface area contributed by atoms with Crippen molar-refractivity contribution in [3.05, 3.63) is 58.1 Å². The van der Waals surface area contributed by atoms with E-state index in [9.17, 15) is 0 Å². The molecule has 0 radical (unpaired) electrons. The van der Waals surface area contributed by atoms with Crippen LogP contribution in [-0.4, -0.2) is 6.54 Å². The zero-order chi connectivity index (χ0) is 14.1. The second-order valence-electron chi connectivity index (χ2n) is 5.45. The summed E-state index contributed by atoms with van der Waals surface area (Å²) in [6, 6.07) is 15.4. The van der Waals surface area contributed by atoms with Crippen molar-refractivity contribution in [2.75, 3.05) is 17.2 Å². The Bertz CT molecular complexity index is 607. The molecule has 3 heteroatoms. The molecule has 3 rings (SSSR count). The number of hydrogen-bond acceptors (Lipinski definition) is 2. The molecule has 1 heterocycles. The van der Waals surface area contributed by atoms with Gasteiger partial charge < -0.3 is 10.6 Å². The summed E-state index contributed by atoms with van der Waals surface area (Å²) >= 11 is 3.57. The van der Waals surface area contributed by atoms with Crippen LogP contribution < -0.4 is 10.6 Å². The number of hydrogen-bond donors (Lipinski definition) is 1. The van der Waals surface area contributed by atoms with Crippen LogP contribution in [-0.2, 0) is 0 Å². The van der Waals surface area contributed by atoms with Crippen LogP contribution in [0.1, 0.15) is 30.0 Å². The predicted molar refractivity (Wildman–Crippen MR) is 89.1 cm³/mol. The summed E-state index contributed by atoms with van der Waals surface area (Å²) in [4.78, 5) is 2.50. The van der Waals surface area contributed by atoms with E-state index in [4.69, 9.17) is 5.73 Å². The highest BCUT2D eigenvalue weighted by atomic mass is 79.9. The van der Waals surface area contributed by atoms with Gasteiger partial charge >= 0.3 is 0 Å². The minimum atomic E-state index is 0.469. The average molecular weight is 331 g/mol. The van der Waals surface area contributed by atoms with Gasteiger partial charge in [-0.3, -0.25) is 0 Å². The van der Waals surface area contributed by atoms with E-state index in [-0.39, 0.29) is 0 Å². The fourth-order valence-corrected chi connectivity index (χ4v) is 3.19. The van der Waals surface area contributed by atoms with Crippen molar-refractivity contribution in [3.63, 3.8) is 0 Å². The van der Waals surface area contributed by atoms with Gasteiger partial charge in [-0.05, 0) is 61.2 Å². The lowest BCUT2D eigenvalue weighted by molar-refractivity contribution is 0.719. The van der Waals surface area contributed by atoms with Crippen molar-refractivity contribution >= 4 is 27.3 Å². The van der Waals surface area contributed by atoms with E-state index in [1.54, 1.807) is 0 Å². The first-order valence-electron chi connectivity index (χ1n) is 7.03. The Hall–Kier alpha value is -1.48. The summed E-state index contributed by atoms with van der Waals surface area (Å²) in [7, 11) is 0. The Balaban J connectivity index is 1.92. The topological polar surface area (TPSA) is 29.3 Å². The third-order valence-corrected chi connectivity index (χ3v) is 4.94. The monoisotopic (exact) mass is 330 g/mol. The van der Waals surface area contributed by atoms with Gasteiger partial charge in [0.15, 0.2) is 0 Å². The van der Waals surface area contributed by atoms with Gasteiger partial charge in [-0.2, -0.15) is 0 Å². The highest BCUT2D eigenvalue weighted by molar-refractivity contribution is 9.10. The van der Waals surface area contributed by atoms with Crippen molar-refractivity contribution in [3.8, 4) is 0 Å². The Kier molecular flexibility index (Phi) is 3.70. The number of benzene rings is 2. The first-order valence-corrected chi connectivity index (χ1v) is 7.83. The third kappa shape index (κ3) is 2.55. The van der Waals surface area contributed by atoms with E-state index in [0.717, 1.165) is 12.2 Å². The molecule has 0 amide bonds. The number of nitrogens with two attached hydrogens (primary N) is 1. The summed E-state index contributed by atoms with van der Waals surface area (Å²) in [5.74, 6) is 0. The number of halogens is 1. The van der Waals surface area contributed by atoms with Gasteiger partial charge in [0.1, 0.15) is 0 Å². The second-order valence-corrected chi connectivity index (χ2v) is 6.31. The summed E-state index contributed by atoms with van der Waals surface area (Å²) in [5.41, 5.74) is 10.6. The molecule has 2 N–H and O–H groups in total. The maximum Gasteiger partial charge on any atom is 0.0543 e. The number of aryl methyl sites for hydroxylation is 1. The van der Waals surface area contributed by atoms with Crippen LogP contribution in [0.2, 0.25) is 0 Å². The van der Waals surface area contributed by atoms with Crippen LogP contribution in [0.15, 0.2) is 46.9 Å². The Labute approximate surface area is 128 Å². The van der Waals surface area contributed by atoms with Crippen LogP contribution in [0.4, 0.5) is 11.4 Å². The van der Waals surface area contributed by atoms with Crippen molar-refractivity contribution < 1.29 is 0 Å². The molecule has 2 aromatic carbocycles. The highest BCUT2D eigenvalue weighted by Crippen LogP contribution is 2.37. The molecule has 2 aromatic rings. The van der Waals surface area contributed by atoms with Crippen LogP contribution in [0.25, 0.3) is 0 Å². The number of nitrogen functional groups attached to an aromatic ring is 1. The van der Waals surface area contributed by atoms with E-state index in [1.807, 2.05) is 12.1 Å². The van der Waals surface area contributed by atoms with Crippen molar-refractivity contribution in [1.29, 1.82) is 0 Å². The van der Waals surface area contributed by atoms with E-state index in [1.165, 1.54) is 34.1 Å². The molecule has 0 aliphatic carbocycles. The van der Waals surface area contributed by atoms with Crippen LogP contribution in [0.5, 0.6) is 0 Å². The Morgan fingerprint density at radius 2 is 1.90 bits per heavy atom. The number of anilines is 2. The predicted octanol–water partition coefficient (Wildman–Crippen LogP) is 4.68. The minimum absolute atomic E-state index is 0.469. The molecule has 1 aliphatic heterocycles. The molecule has 104 valence electrons. The SMILES string of the molecule is Cc1cc(N2CCCC2c2ccc(N)cc2)ccc1Br. The summed E-state index contributed by atoms with van der Waals surface area (Å²) in [6.45, 7) is 3.26. The first-order chi connectivity index (χ1) is 9.65. The van der Waals surface area contributed by atoms with E-state index in [2.05, 4.69) is 58.1 Å².